The fourth-order valence-corrected chi connectivity index (χ4v) is 4.64. The lowest BCUT2D eigenvalue weighted by Gasteiger charge is -2.31. The molecule has 0 radical (unpaired) electrons. The molecular weight excluding hydrogens is 377 g/mol. The van der Waals surface area contributed by atoms with Gasteiger partial charge in [0.15, 0.2) is 0 Å². The van der Waals surface area contributed by atoms with Crippen molar-refractivity contribution in [1.82, 2.24) is 0 Å². The number of halogens is 1. The van der Waals surface area contributed by atoms with Crippen LogP contribution in [0.5, 0.6) is 5.75 Å². The van der Waals surface area contributed by atoms with Crippen LogP contribution in [0.4, 0.5) is 10.1 Å². The highest BCUT2D eigenvalue weighted by Crippen LogP contribution is 2.34. The maximum Gasteiger partial charge on any atom is 0.264 e. The van der Waals surface area contributed by atoms with Gasteiger partial charge < -0.3 is 4.74 Å². The van der Waals surface area contributed by atoms with Crippen molar-refractivity contribution < 1.29 is 17.5 Å². The molecule has 0 heterocycles. The largest absolute Gasteiger partial charge is 0.497 e. The molecule has 0 aliphatic carbocycles. The molecule has 6 heteroatoms. The minimum absolute atomic E-state index is 0.0369. The highest BCUT2D eigenvalue weighted by Gasteiger charge is 2.30. The number of rotatable bonds is 6. The summed E-state index contributed by atoms with van der Waals surface area (Å²) in [5, 5.41) is 0. The van der Waals surface area contributed by atoms with Crippen molar-refractivity contribution in [2.24, 2.45) is 0 Å². The molecule has 0 aromatic heterocycles. The first-order chi connectivity index (χ1) is 13.3. The van der Waals surface area contributed by atoms with E-state index in [0.29, 0.717) is 11.4 Å². The van der Waals surface area contributed by atoms with Crippen LogP contribution < -0.4 is 9.04 Å². The Bertz CT molecular complexity index is 1030. The lowest BCUT2D eigenvalue weighted by Crippen LogP contribution is -2.33. The van der Waals surface area contributed by atoms with E-state index in [2.05, 4.69) is 0 Å². The standard InChI is InChI=1S/C22H22FNO3S/c1-16-4-10-20(11-5-16)24(17(2)18-6-12-21(27-3)13-7-18)28(25,26)22-14-8-19(23)9-15-22/h4-15,17H,1-3H3/t17-/m0/s1. The van der Waals surface area contributed by atoms with E-state index < -0.39 is 21.9 Å². The van der Waals surface area contributed by atoms with Gasteiger partial charge in [-0.05, 0) is 67.9 Å². The van der Waals surface area contributed by atoms with Crippen LogP contribution in [0.15, 0.2) is 77.7 Å². The van der Waals surface area contributed by atoms with Crippen molar-refractivity contribution in [3.8, 4) is 5.75 Å². The van der Waals surface area contributed by atoms with Gasteiger partial charge in [-0.2, -0.15) is 0 Å². The summed E-state index contributed by atoms with van der Waals surface area (Å²) in [6.45, 7) is 3.76. The van der Waals surface area contributed by atoms with Gasteiger partial charge in [0.1, 0.15) is 11.6 Å². The number of nitrogens with zero attached hydrogens (tertiary/aromatic N) is 1. The van der Waals surface area contributed by atoms with E-state index in [1.54, 1.807) is 31.4 Å². The molecule has 0 amide bonds. The summed E-state index contributed by atoms with van der Waals surface area (Å²) in [6.07, 6.45) is 0. The highest BCUT2D eigenvalue weighted by molar-refractivity contribution is 7.92. The molecule has 0 spiro atoms. The molecule has 3 rings (SSSR count). The second kappa shape index (κ2) is 8.02. The van der Waals surface area contributed by atoms with Gasteiger partial charge >= 0.3 is 0 Å². The third kappa shape index (κ3) is 4.02. The van der Waals surface area contributed by atoms with Gasteiger partial charge in [-0.25, -0.2) is 12.8 Å². The number of hydrogen-bond acceptors (Lipinski definition) is 3. The number of hydrogen-bond donors (Lipinski definition) is 0. The zero-order valence-electron chi connectivity index (χ0n) is 16.0. The van der Waals surface area contributed by atoms with Gasteiger partial charge in [0, 0.05) is 0 Å². The van der Waals surface area contributed by atoms with Gasteiger partial charge in [-0.1, -0.05) is 29.8 Å². The second-order valence-corrected chi connectivity index (χ2v) is 8.35. The molecule has 3 aromatic rings. The van der Waals surface area contributed by atoms with Crippen molar-refractivity contribution >= 4 is 15.7 Å². The minimum Gasteiger partial charge on any atom is -0.497 e. The molecule has 3 aromatic carbocycles. The fraction of sp³-hybridized carbons (Fsp3) is 0.182. The number of methoxy groups -OCH3 is 1. The lowest BCUT2D eigenvalue weighted by molar-refractivity contribution is 0.414. The van der Waals surface area contributed by atoms with Crippen molar-refractivity contribution in [1.29, 1.82) is 0 Å². The SMILES string of the molecule is COc1ccc([C@H](C)N(c2ccc(C)cc2)S(=O)(=O)c2ccc(F)cc2)cc1. The van der Waals surface area contributed by atoms with E-state index in [1.165, 1.54) is 16.4 Å². The summed E-state index contributed by atoms with van der Waals surface area (Å²) in [6, 6.07) is 18.9. The minimum atomic E-state index is -3.91. The Hall–Kier alpha value is -2.86. The maximum absolute atomic E-state index is 13.4. The van der Waals surface area contributed by atoms with Crippen LogP contribution >= 0.6 is 0 Å². The highest BCUT2D eigenvalue weighted by atomic mass is 32.2. The molecule has 146 valence electrons. The molecule has 0 saturated carbocycles. The summed E-state index contributed by atoms with van der Waals surface area (Å²) in [4.78, 5) is 0.0369. The van der Waals surface area contributed by atoms with Gasteiger partial charge in [-0.3, -0.25) is 4.31 Å². The Balaban J connectivity index is 2.11. The van der Waals surface area contributed by atoms with Crippen LogP contribution in [0.3, 0.4) is 0 Å². The third-order valence-corrected chi connectivity index (χ3v) is 6.52. The molecule has 0 bridgehead atoms. The van der Waals surface area contributed by atoms with E-state index in [4.69, 9.17) is 4.74 Å². The molecule has 0 aliphatic heterocycles. The van der Waals surface area contributed by atoms with Crippen LogP contribution in [-0.4, -0.2) is 15.5 Å². The third-order valence-electron chi connectivity index (χ3n) is 4.61. The summed E-state index contributed by atoms with van der Waals surface area (Å²) in [7, 11) is -2.33. The Labute approximate surface area is 165 Å². The van der Waals surface area contributed by atoms with Crippen LogP contribution in [0.1, 0.15) is 24.1 Å². The van der Waals surface area contributed by atoms with Crippen molar-refractivity contribution in [2.75, 3.05) is 11.4 Å². The first kappa shape index (κ1) is 19.9. The fourth-order valence-electron chi connectivity index (χ4n) is 3.00. The van der Waals surface area contributed by atoms with Crippen LogP contribution in [-0.2, 0) is 10.0 Å². The van der Waals surface area contributed by atoms with Crippen molar-refractivity contribution in [3.05, 3.63) is 89.7 Å². The Kier molecular flexibility index (Phi) is 5.70. The number of sulfonamides is 1. The number of ether oxygens (including phenoxy) is 1. The Morgan fingerprint density at radius 3 is 2.00 bits per heavy atom. The average Bonchev–Trinajstić information content (AvgIpc) is 2.70. The number of anilines is 1. The topological polar surface area (TPSA) is 46.6 Å². The van der Waals surface area contributed by atoms with E-state index >= 15 is 0 Å². The first-order valence-corrected chi connectivity index (χ1v) is 10.3. The van der Waals surface area contributed by atoms with Gasteiger partial charge in [0.05, 0.1) is 23.7 Å². The van der Waals surface area contributed by atoms with E-state index in [1.807, 2.05) is 38.1 Å². The monoisotopic (exact) mass is 399 g/mol. The van der Waals surface area contributed by atoms with E-state index in [0.717, 1.165) is 23.3 Å². The number of benzene rings is 3. The summed E-state index contributed by atoms with van der Waals surface area (Å²) in [5.74, 6) is 0.211. The van der Waals surface area contributed by atoms with Gasteiger partial charge in [-0.15, -0.1) is 0 Å². The Morgan fingerprint density at radius 2 is 1.46 bits per heavy atom. The zero-order chi connectivity index (χ0) is 20.3. The van der Waals surface area contributed by atoms with Crippen LogP contribution in [0, 0.1) is 12.7 Å². The summed E-state index contributed by atoms with van der Waals surface area (Å²) < 4.78 is 46.8. The molecule has 0 aliphatic rings. The van der Waals surface area contributed by atoms with Gasteiger partial charge in [0.2, 0.25) is 0 Å². The molecule has 28 heavy (non-hydrogen) atoms. The predicted molar refractivity (Wildman–Crippen MR) is 109 cm³/mol. The lowest BCUT2D eigenvalue weighted by atomic mass is 10.1. The van der Waals surface area contributed by atoms with Gasteiger partial charge in [0.25, 0.3) is 10.0 Å². The maximum atomic E-state index is 13.4. The van der Waals surface area contributed by atoms with Crippen LogP contribution in [0.2, 0.25) is 0 Å². The summed E-state index contributed by atoms with van der Waals surface area (Å²) >= 11 is 0. The smallest absolute Gasteiger partial charge is 0.264 e. The quantitative estimate of drug-likeness (QED) is 0.579. The molecule has 0 unspecified atom stereocenters. The first-order valence-electron chi connectivity index (χ1n) is 8.83. The molecule has 4 nitrogen and oxygen atoms in total. The molecular formula is C22H22FNO3S. The van der Waals surface area contributed by atoms with Crippen LogP contribution in [0.25, 0.3) is 0 Å². The average molecular weight is 399 g/mol. The molecule has 0 saturated heterocycles. The summed E-state index contributed by atoms with van der Waals surface area (Å²) in [5.41, 5.74) is 2.38. The molecule has 1 atom stereocenters. The molecule has 0 fully saturated rings. The predicted octanol–water partition coefficient (Wildman–Crippen LogP) is 5.10. The van der Waals surface area contributed by atoms with Crippen molar-refractivity contribution in [2.45, 2.75) is 24.8 Å². The number of aryl methyl sites for hydroxylation is 1. The normalized spacial score (nSPS) is 12.4. The van der Waals surface area contributed by atoms with E-state index in [-0.39, 0.29) is 4.90 Å². The second-order valence-electron chi connectivity index (χ2n) is 6.54. The van der Waals surface area contributed by atoms with Crippen molar-refractivity contribution in [3.63, 3.8) is 0 Å². The van der Waals surface area contributed by atoms with E-state index in [9.17, 15) is 12.8 Å². The Morgan fingerprint density at radius 1 is 0.893 bits per heavy atom. The zero-order valence-corrected chi connectivity index (χ0v) is 16.8. The molecule has 0 N–H and O–H groups in total.